The zero-order chi connectivity index (χ0) is 10.6. The summed E-state index contributed by atoms with van der Waals surface area (Å²) in [6.07, 6.45) is 1.38. The summed E-state index contributed by atoms with van der Waals surface area (Å²) in [5.41, 5.74) is 0.869. The lowest BCUT2D eigenvalue weighted by atomic mass is 10.2. The van der Waals surface area contributed by atoms with Crippen LogP contribution in [0, 0.1) is 0 Å². The van der Waals surface area contributed by atoms with Crippen LogP contribution in [-0.4, -0.2) is 22.7 Å². The van der Waals surface area contributed by atoms with Crippen LogP contribution in [0.15, 0.2) is 16.7 Å². The first-order chi connectivity index (χ1) is 6.69. The number of rotatable bonds is 3. The molecule has 1 aromatic heterocycles. The molecule has 14 heavy (non-hydrogen) atoms. The van der Waals surface area contributed by atoms with E-state index < -0.39 is 5.97 Å². The van der Waals surface area contributed by atoms with Crippen LogP contribution < -0.4 is 0 Å². The number of carbonyl (C=O) groups excluding carboxylic acids is 1. The molecular formula is C9H10BrNO3. The average molecular weight is 260 g/mol. The van der Waals surface area contributed by atoms with E-state index in [9.17, 15) is 4.79 Å². The minimum atomic E-state index is -0.412. The van der Waals surface area contributed by atoms with Crippen LogP contribution in [-0.2, 0) is 11.3 Å². The average Bonchev–Trinajstić information content (AvgIpc) is 2.18. The van der Waals surface area contributed by atoms with Crippen molar-refractivity contribution < 1.29 is 14.6 Å². The number of esters is 1. The molecule has 0 atom stereocenters. The number of aromatic nitrogens is 1. The van der Waals surface area contributed by atoms with Crippen LogP contribution in [0.25, 0.3) is 0 Å². The molecule has 0 aliphatic rings. The Labute approximate surface area is 90.0 Å². The fourth-order valence-electron chi connectivity index (χ4n) is 0.909. The Morgan fingerprint density at radius 3 is 2.93 bits per heavy atom. The van der Waals surface area contributed by atoms with E-state index in [1.807, 2.05) is 0 Å². The molecule has 5 heteroatoms. The molecule has 1 heterocycles. The predicted molar refractivity (Wildman–Crippen MR) is 53.8 cm³/mol. The number of hydrogen-bond acceptors (Lipinski definition) is 4. The number of aliphatic hydroxyl groups is 1. The third kappa shape index (κ3) is 2.52. The monoisotopic (exact) mass is 259 g/mol. The highest BCUT2D eigenvalue weighted by molar-refractivity contribution is 9.10. The van der Waals surface area contributed by atoms with Crippen LogP contribution >= 0.6 is 15.9 Å². The lowest BCUT2D eigenvalue weighted by Crippen LogP contribution is -2.06. The number of hydrogen-bond donors (Lipinski definition) is 1. The van der Waals surface area contributed by atoms with Gasteiger partial charge in [0.1, 0.15) is 0 Å². The molecule has 1 rings (SSSR count). The molecule has 0 amide bonds. The molecule has 76 valence electrons. The van der Waals surface area contributed by atoms with E-state index in [0.717, 1.165) is 0 Å². The van der Waals surface area contributed by atoms with E-state index in [1.54, 1.807) is 13.0 Å². The molecule has 0 aliphatic heterocycles. The first-order valence-corrected chi connectivity index (χ1v) is 4.90. The second-order valence-corrected chi connectivity index (χ2v) is 3.39. The second kappa shape index (κ2) is 5.07. The molecule has 0 unspecified atom stereocenters. The van der Waals surface area contributed by atoms with Gasteiger partial charge in [-0.15, -0.1) is 0 Å². The summed E-state index contributed by atoms with van der Waals surface area (Å²) in [5.74, 6) is -0.412. The minimum absolute atomic E-state index is 0.163. The maximum absolute atomic E-state index is 11.3. The Kier molecular flexibility index (Phi) is 4.03. The highest BCUT2D eigenvalue weighted by atomic mass is 79.9. The standard InChI is InChI=1S/C9H10BrNO3/c1-2-14-9(13)6-3-7(10)8(5-12)11-4-6/h3-4,12H,2,5H2,1H3. The molecule has 0 spiro atoms. The zero-order valence-corrected chi connectivity index (χ0v) is 9.24. The SMILES string of the molecule is CCOC(=O)c1cnc(CO)c(Br)c1. The predicted octanol–water partition coefficient (Wildman–Crippen LogP) is 1.51. The van der Waals surface area contributed by atoms with Gasteiger partial charge >= 0.3 is 5.97 Å². The molecule has 1 aromatic rings. The Bertz CT molecular complexity index is 341. The van der Waals surface area contributed by atoms with Crippen molar-refractivity contribution >= 4 is 21.9 Å². The van der Waals surface area contributed by atoms with E-state index in [1.165, 1.54) is 6.20 Å². The Morgan fingerprint density at radius 1 is 1.71 bits per heavy atom. The summed E-state index contributed by atoms with van der Waals surface area (Å²) >= 11 is 3.20. The molecule has 1 N–H and O–H groups in total. The summed E-state index contributed by atoms with van der Waals surface area (Å²) in [4.78, 5) is 15.2. The van der Waals surface area contributed by atoms with Crippen molar-refractivity contribution in [1.82, 2.24) is 4.98 Å². The first-order valence-electron chi connectivity index (χ1n) is 4.11. The van der Waals surface area contributed by atoms with Crippen molar-refractivity contribution in [3.63, 3.8) is 0 Å². The lowest BCUT2D eigenvalue weighted by Gasteiger charge is -2.03. The van der Waals surface area contributed by atoms with Crippen molar-refractivity contribution in [1.29, 1.82) is 0 Å². The molecule has 0 aromatic carbocycles. The fraction of sp³-hybridized carbons (Fsp3) is 0.333. The molecule has 0 saturated carbocycles. The molecule has 4 nitrogen and oxygen atoms in total. The van der Waals surface area contributed by atoms with Gasteiger partial charge in [0, 0.05) is 10.7 Å². The summed E-state index contributed by atoms with van der Waals surface area (Å²) in [6.45, 7) is 1.91. The van der Waals surface area contributed by atoms with Gasteiger partial charge in [0.05, 0.1) is 24.5 Å². The van der Waals surface area contributed by atoms with Gasteiger partial charge in [-0.3, -0.25) is 4.98 Å². The maximum atomic E-state index is 11.3. The molecule has 0 bridgehead atoms. The van der Waals surface area contributed by atoms with Crippen LogP contribution in [0.5, 0.6) is 0 Å². The number of ether oxygens (including phenoxy) is 1. The lowest BCUT2D eigenvalue weighted by molar-refractivity contribution is 0.0525. The van der Waals surface area contributed by atoms with Gasteiger partial charge < -0.3 is 9.84 Å². The Balaban J connectivity index is 2.91. The van der Waals surface area contributed by atoms with Crippen LogP contribution in [0.4, 0.5) is 0 Å². The number of pyridine rings is 1. The smallest absolute Gasteiger partial charge is 0.339 e. The number of aliphatic hydroxyl groups excluding tert-OH is 1. The quantitative estimate of drug-likeness (QED) is 0.837. The van der Waals surface area contributed by atoms with Crippen molar-refractivity contribution in [3.05, 3.63) is 28.0 Å². The van der Waals surface area contributed by atoms with Gasteiger partial charge in [-0.25, -0.2) is 4.79 Å². The van der Waals surface area contributed by atoms with Crippen LogP contribution in [0.3, 0.4) is 0 Å². The summed E-state index contributed by atoms with van der Waals surface area (Å²) < 4.78 is 5.40. The Hall–Kier alpha value is -0.940. The van der Waals surface area contributed by atoms with Crippen molar-refractivity contribution in [2.75, 3.05) is 6.61 Å². The van der Waals surface area contributed by atoms with Gasteiger partial charge in [-0.1, -0.05) is 0 Å². The fourth-order valence-corrected chi connectivity index (χ4v) is 1.38. The second-order valence-electron chi connectivity index (χ2n) is 2.53. The minimum Gasteiger partial charge on any atom is -0.462 e. The largest absolute Gasteiger partial charge is 0.462 e. The van der Waals surface area contributed by atoms with E-state index >= 15 is 0 Å². The van der Waals surface area contributed by atoms with Gasteiger partial charge in [0.15, 0.2) is 0 Å². The van der Waals surface area contributed by atoms with Gasteiger partial charge in [-0.2, -0.15) is 0 Å². The normalized spacial score (nSPS) is 9.93. The van der Waals surface area contributed by atoms with Crippen LogP contribution in [0.1, 0.15) is 23.0 Å². The van der Waals surface area contributed by atoms with Crippen molar-refractivity contribution in [2.45, 2.75) is 13.5 Å². The van der Waals surface area contributed by atoms with Gasteiger partial charge in [-0.05, 0) is 28.9 Å². The third-order valence-corrected chi connectivity index (χ3v) is 2.26. The zero-order valence-electron chi connectivity index (χ0n) is 7.66. The first kappa shape index (κ1) is 11.1. The highest BCUT2D eigenvalue weighted by Gasteiger charge is 2.09. The molecule has 0 radical (unpaired) electrons. The molecule has 0 fully saturated rings. The third-order valence-electron chi connectivity index (χ3n) is 1.58. The molecule has 0 saturated heterocycles. The van der Waals surface area contributed by atoms with Crippen LogP contribution in [0.2, 0.25) is 0 Å². The van der Waals surface area contributed by atoms with Gasteiger partial charge in [0.2, 0.25) is 0 Å². The number of nitrogens with zero attached hydrogens (tertiary/aromatic N) is 1. The van der Waals surface area contributed by atoms with Crippen molar-refractivity contribution in [3.8, 4) is 0 Å². The highest BCUT2D eigenvalue weighted by Crippen LogP contribution is 2.16. The summed E-state index contributed by atoms with van der Waals surface area (Å²) in [6, 6.07) is 1.58. The van der Waals surface area contributed by atoms with E-state index in [-0.39, 0.29) is 6.61 Å². The van der Waals surface area contributed by atoms with E-state index in [0.29, 0.717) is 22.3 Å². The maximum Gasteiger partial charge on any atom is 0.339 e. The van der Waals surface area contributed by atoms with Gasteiger partial charge in [0.25, 0.3) is 0 Å². The van der Waals surface area contributed by atoms with E-state index in [2.05, 4.69) is 20.9 Å². The summed E-state index contributed by atoms with van der Waals surface area (Å²) in [7, 11) is 0. The molecule has 0 aliphatic carbocycles. The topological polar surface area (TPSA) is 59.4 Å². The number of carbonyl (C=O) groups is 1. The van der Waals surface area contributed by atoms with Crippen molar-refractivity contribution in [2.24, 2.45) is 0 Å². The van der Waals surface area contributed by atoms with E-state index in [4.69, 9.17) is 9.84 Å². The number of halogens is 1. The Morgan fingerprint density at radius 2 is 2.43 bits per heavy atom. The molecular weight excluding hydrogens is 250 g/mol. The summed E-state index contributed by atoms with van der Waals surface area (Å²) in [5, 5.41) is 8.84.